The molecule has 0 radical (unpaired) electrons. The smallest absolute Gasteiger partial charge is 0.322 e. The van der Waals surface area contributed by atoms with Crippen LogP contribution in [0, 0.1) is 6.92 Å². The second-order valence-corrected chi connectivity index (χ2v) is 4.94. The van der Waals surface area contributed by atoms with Gasteiger partial charge in [-0.1, -0.05) is 18.2 Å². The molecule has 2 rings (SSSR count). The molecule has 7 heteroatoms. The Kier molecular flexibility index (Phi) is 7.32. The highest BCUT2D eigenvalue weighted by atomic mass is 16.4. The van der Waals surface area contributed by atoms with Crippen LogP contribution in [0.2, 0.25) is 0 Å². The third-order valence-corrected chi connectivity index (χ3v) is 3.03. The number of H-pyrrole nitrogens is 1. The van der Waals surface area contributed by atoms with Gasteiger partial charge in [-0.2, -0.15) is 0 Å². The van der Waals surface area contributed by atoms with E-state index in [9.17, 15) is 14.4 Å². The third-order valence-electron chi connectivity index (χ3n) is 3.03. The standard InChI is InChI=1S/C9H9N.C7H11NO5/c1-7-6-10-9-5-3-2-4-8(7)9;9-5(8-4-7(12)13)2-1-3-6(10)11/h2-6,10H,1H3;1-4H2,(H,8,9)(H,10,11)(H,12,13). The molecule has 7 nitrogen and oxygen atoms in total. The van der Waals surface area contributed by atoms with Gasteiger partial charge in [0, 0.05) is 29.9 Å². The molecule has 0 saturated heterocycles. The number of hydrogen-bond acceptors (Lipinski definition) is 3. The van der Waals surface area contributed by atoms with Crippen molar-refractivity contribution in [3.05, 3.63) is 36.0 Å². The van der Waals surface area contributed by atoms with Crippen molar-refractivity contribution in [3.63, 3.8) is 0 Å². The van der Waals surface area contributed by atoms with Gasteiger partial charge in [-0.3, -0.25) is 14.4 Å². The second-order valence-electron chi connectivity index (χ2n) is 4.94. The van der Waals surface area contributed by atoms with Gasteiger partial charge in [0.05, 0.1) is 0 Å². The van der Waals surface area contributed by atoms with Crippen LogP contribution < -0.4 is 5.32 Å². The molecule has 4 N–H and O–H groups in total. The van der Waals surface area contributed by atoms with Gasteiger partial charge in [-0.15, -0.1) is 0 Å². The van der Waals surface area contributed by atoms with E-state index in [2.05, 4.69) is 35.4 Å². The first-order valence-electron chi connectivity index (χ1n) is 7.13. The molecule has 0 aliphatic heterocycles. The topological polar surface area (TPSA) is 119 Å². The van der Waals surface area contributed by atoms with Gasteiger partial charge < -0.3 is 20.5 Å². The van der Waals surface area contributed by atoms with Gasteiger partial charge in [0.15, 0.2) is 0 Å². The maximum Gasteiger partial charge on any atom is 0.322 e. The number of carboxylic acids is 2. The van der Waals surface area contributed by atoms with E-state index < -0.39 is 24.4 Å². The Morgan fingerprint density at radius 3 is 2.39 bits per heavy atom. The lowest BCUT2D eigenvalue weighted by Gasteiger charge is -1.99. The number of aryl methyl sites for hydroxylation is 1. The summed E-state index contributed by atoms with van der Waals surface area (Å²) in [5.74, 6) is -2.53. The third kappa shape index (κ3) is 7.12. The predicted octanol–water partition coefficient (Wildman–Crippen LogP) is 1.92. The van der Waals surface area contributed by atoms with E-state index in [1.807, 2.05) is 12.3 Å². The van der Waals surface area contributed by atoms with Crippen LogP contribution in [-0.4, -0.2) is 39.6 Å². The number of carbonyl (C=O) groups is 3. The van der Waals surface area contributed by atoms with E-state index in [1.165, 1.54) is 16.5 Å². The lowest BCUT2D eigenvalue weighted by Crippen LogP contribution is -2.29. The molecule has 23 heavy (non-hydrogen) atoms. The maximum atomic E-state index is 10.8. The van der Waals surface area contributed by atoms with Gasteiger partial charge in [0.2, 0.25) is 5.91 Å². The highest BCUT2D eigenvalue weighted by Crippen LogP contribution is 2.15. The van der Waals surface area contributed by atoms with Crippen LogP contribution in [0.3, 0.4) is 0 Å². The summed E-state index contributed by atoms with van der Waals surface area (Å²) in [5, 5.41) is 19.8. The van der Waals surface area contributed by atoms with Crippen molar-refractivity contribution in [1.29, 1.82) is 0 Å². The number of aromatic amines is 1. The minimum absolute atomic E-state index is 0.0412. The van der Waals surface area contributed by atoms with E-state index in [0.717, 1.165) is 0 Å². The number of aromatic nitrogens is 1. The van der Waals surface area contributed by atoms with Crippen molar-refractivity contribution in [1.82, 2.24) is 10.3 Å². The summed E-state index contributed by atoms with van der Waals surface area (Å²) < 4.78 is 0. The number of carboxylic acid groups (broad SMARTS) is 2. The molecule has 0 aliphatic rings. The number of hydrogen-bond donors (Lipinski definition) is 4. The number of rotatable bonds is 6. The molecule has 0 saturated carbocycles. The molecule has 0 spiro atoms. The van der Waals surface area contributed by atoms with Crippen LogP contribution in [0.25, 0.3) is 10.9 Å². The first-order chi connectivity index (χ1) is 10.9. The quantitative estimate of drug-likeness (QED) is 0.648. The number of para-hydroxylation sites is 1. The highest BCUT2D eigenvalue weighted by molar-refractivity contribution is 5.82. The Balaban J connectivity index is 0.000000235. The summed E-state index contributed by atoms with van der Waals surface area (Å²) >= 11 is 0. The minimum atomic E-state index is -1.12. The van der Waals surface area contributed by atoms with Crippen molar-refractivity contribution in [3.8, 4) is 0 Å². The number of fused-ring (bicyclic) bond motifs is 1. The molecule has 2 aromatic rings. The molecule has 124 valence electrons. The van der Waals surface area contributed by atoms with Gasteiger partial charge in [-0.05, 0) is 25.0 Å². The minimum Gasteiger partial charge on any atom is -0.481 e. The molecule has 0 bridgehead atoms. The number of nitrogens with one attached hydrogen (secondary N) is 2. The van der Waals surface area contributed by atoms with E-state index in [0.29, 0.717) is 0 Å². The van der Waals surface area contributed by atoms with Crippen LogP contribution in [0.5, 0.6) is 0 Å². The fraction of sp³-hybridized carbons (Fsp3) is 0.312. The fourth-order valence-electron chi connectivity index (χ4n) is 1.88. The van der Waals surface area contributed by atoms with Crippen molar-refractivity contribution >= 4 is 28.7 Å². The monoisotopic (exact) mass is 320 g/mol. The average molecular weight is 320 g/mol. The molecular formula is C16H20N2O5. The Hall–Kier alpha value is -2.83. The van der Waals surface area contributed by atoms with E-state index in [-0.39, 0.29) is 19.3 Å². The van der Waals surface area contributed by atoms with E-state index in [1.54, 1.807) is 0 Å². The summed E-state index contributed by atoms with van der Waals surface area (Å²) in [4.78, 5) is 33.9. The van der Waals surface area contributed by atoms with Gasteiger partial charge in [0.25, 0.3) is 0 Å². The molecule has 0 atom stereocenters. The summed E-state index contributed by atoms with van der Waals surface area (Å²) in [5.41, 5.74) is 2.54. The molecule has 0 aliphatic carbocycles. The van der Waals surface area contributed by atoms with Gasteiger partial charge in [0.1, 0.15) is 6.54 Å². The van der Waals surface area contributed by atoms with Gasteiger partial charge in [-0.25, -0.2) is 0 Å². The van der Waals surface area contributed by atoms with Gasteiger partial charge >= 0.3 is 11.9 Å². The summed E-state index contributed by atoms with van der Waals surface area (Å²) in [7, 11) is 0. The fourth-order valence-corrected chi connectivity index (χ4v) is 1.88. The number of aliphatic carboxylic acids is 2. The molecule has 1 aromatic heterocycles. The Bertz CT molecular complexity index is 678. The lowest BCUT2D eigenvalue weighted by atomic mass is 10.2. The van der Waals surface area contributed by atoms with E-state index >= 15 is 0 Å². The summed E-state index contributed by atoms with van der Waals surface area (Å²) in [6, 6.07) is 8.31. The largest absolute Gasteiger partial charge is 0.481 e. The van der Waals surface area contributed by atoms with Crippen LogP contribution in [0.4, 0.5) is 0 Å². The van der Waals surface area contributed by atoms with Crippen molar-refractivity contribution in [2.75, 3.05) is 6.54 Å². The van der Waals surface area contributed by atoms with Crippen molar-refractivity contribution in [2.45, 2.75) is 26.2 Å². The van der Waals surface area contributed by atoms with Crippen LogP contribution >= 0.6 is 0 Å². The van der Waals surface area contributed by atoms with Crippen molar-refractivity contribution < 1.29 is 24.6 Å². The Morgan fingerprint density at radius 1 is 1.09 bits per heavy atom. The summed E-state index contributed by atoms with van der Waals surface area (Å²) in [6.45, 7) is 1.69. The first-order valence-corrected chi connectivity index (χ1v) is 7.13. The lowest BCUT2D eigenvalue weighted by molar-refractivity contribution is -0.139. The zero-order valence-corrected chi connectivity index (χ0v) is 12.8. The van der Waals surface area contributed by atoms with Crippen LogP contribution in [0.1, 0.15) is 24.8 Å². The Morgan fingerprint density at radius 2 is 1.78 bits per heavy atom. The molecule has 1 heterocycles. The number of amides is 1. The maximum absolute atomic E-state index is 10.8. The van der Waals surface area contributed by atoms with E-state index in [4.69, 9.17) is 10.2 Å². The molecule has 0 fully saturated rings. The normalized spacial score (nSPS) is 9.78. The SMILES string of the molecule is Cc1c[nH]c2ccccc12.O=C(O)CCCC(=O)NCC(=O)O. The highest BCUT2D eigenvalue weighted by Gasteiger charge is 2.04. The molecule has 0 unspecified atom stereocenters. The summed E-state index contributed by atoms with van der Waals surface area (Å²) in [6.07, 6.45) is 2.21. The second kappa shape index (κ2) is 9.24. The Labute approximate surface area is 133 Å². The first kappa shape index (κ1) is 18.2. The molecule has 1 aromatic carbocycles. The zero-order chi connectivity index (χ0) is 17.2. The molecular weight excluding hydrogens is 300 g/mol. The zero-order valence-electron chi connectivity index (χ0n) is 12.8. The van der Waals surface area contributed by atoms with Crippen LogP contribution in [0.15, 0.2) is 30.5 Å². The van der Waals surface area contributed by atoms with Crippen molar-refractivity contribution in [2.24, 2.45) is 0 Å². The molecule has 1 amide bonds. The predicted molar refractivity (Wildman–Crippen MR) is 85.2 cm³/mol. The average Bonchev–Trinajstić information content (AvgIpc) is 2.87. The number of benzene rings is 1. The number of carbonyl (C=O) groups excluding carboxylic acids is 1. The van der Waals surface area contributed by atoms with Crippen LogP contribution in [-0.2, 0) is 14.4 Å².